The Balaban J connectivity index is 1.51. The summed E-state index contributed by atoms with van der Waals surface area (Å²) in [6.07, 6.45) is 0.976. The molecule has 0 radical (unpaired) electrons. The molecule has 0 saturated carbocycles. The Kier molecular flexibility index (Phi) is 4.02. The number of thiophene rings is 2. The molecular formula is C28H22S2. The van der Waals surface area contributed by atoms with Gasteiger partial charge in [-0.05, 0) is 79.3 Å². The molecule has 6 aromatic rings. The summed E-state index contributed by atoms with van der Waals surface area (Å²) in [7, 11) is 0. The molecule has 0 unspecified atom stereocenters. The van der Waals surface area contributed by atoms with E-state index in [0.717, 1.165) is 6.42 Å². The fraction of sp³-hybridized carbons (Fsp3) is 0.143. The van der Waals surface area contributed by atoms with Gasteiger partial charge < -0.3 is 0 Å². The Labute approximate surface area is 184 Å². The quantitative estimate of drug-likeness (QED) is 0.261. The van der Waals surface area contributed by atoms with E-state index in [9.17, 15) is 0 Å². The first-order chi connectivity index (χ1) is 14.6. The summed E-state index contributed by atoms with van der Waals surface area (Å²) >= 11 is 3.83. The molecule has 0 bridgehead atoms. The van der Waals surface area contributed by atoms with Crippen molar-refractivity contribution in [3.8, 4) is 0 Å². The summed E-state index contributed by atoms with van der Waals surface area (Å²) in [6, 6.07) is 25.0. The molecular weight excluding hydrogens is 400 g/mol. The molecule has 30 heavy (non-hydrogen) atoms. The number of hydrogen-bond acceptors (Lipinski definition) is 2. The van der Waals surface area contributed by atoms with Gasteiger partial charge in [-0.15, -0.1) is 22.7 Å². The van der Waals surface area contributed by atoms with Gasteiger partial charge in [0.2, 0.25) is 0 Å². The van der Waals surface area contributed by atoms with Crippen LogP contribution in [0, 0.1) is 20.8 Å². The van der Waals surface area contributed by atoms with Crippen LogP contribution in [-0.4, -0.2) is 0 Å². The lowest BCUT2D eigenvalue weighted by Gasteiger charge is -2.09. The highest BCUT2D eigenvalue weighted by Crippen LogP contribution is 2.40. The van der Waals surface area contributed by atoms with Crippen molar-refractivity contribution in [3.63, 3.8) is 0 Å². The highest BCUT2D eigenvalue weighted by Gasteiger charge is 2.13. The average molecular weight is 423 g/mol. The minimum absolute atomic E-state index is 0.976. The Bertz CT molecular complexity index is 1590. The van der Waals surface area contributed by atoms with Crippen LogP contribution < -0.4 is 0 Å². The Morgan fingerprint density at radius 1 is 0.633 bits per heavy atom. The van der Waals surface area contributed by atoms with Gasteiger partial charge in [-0.2, -0.15) is 0 Å². The second-order valence-corrected chi connectivity index (χ2v) is 10.5. The highest BCUT2D eigenvalue weighted by atomic mass is 32.1. The van der Waals surface area contributed by atoms with E-state index in [-0.39, 0.29) is 0 Å². The standard InChI is InChI=1S/C28H22S2/c1-16-6-5-9-24-26(16)22-15-19(10-12-23(22)29-24)14-20-11-13-25-27(18(20)3)21-8-4-7-17(2)28(21)30-25/h4-13,15H,14H2,1-3H3. The lowest BCUT2D eigenvalue weighted by Crippen LogP contribution is -1.92. The van der Waals surface area contributed by atoms with Crippen LogP contribution >= 0.6 is 22.7 Å². The summed E-state index contributed by atoms with van der Waals surface area (Å²) in [5, 5.41) is 5.67. The molecule has 2 heterocycles. The Hall–Kier alpha value is -2.68. The second kappa shape index (κ2) is 6.66. The van der Waals surface area contributed by atoms with Gasteiger partial charge >= 0.3 is 0 Å². The van der Waals surface area contributed by atoms with Crippen LogP contribution in [0.5, 0.6) is 0 Å². The minimum atomic E-state index is 0.976. The third-order valence-electron chi connectivity index (χ3n) is 6.39. The predicted octanol–water partition coefficient (Wildman–Crippen LogP) is 8.94. The van der Waals surface area contributed by atoms with Crippen molar-refractivity contribution in [2.45, 2.75) is 27.2 Å². The van der Waals surface area contributed by atoms with Crippen molar-refractivity contribution in [3.05, 3.63) is 94.5 Å². The summed E-state index contributed by atoms with van der Waals surface area (Å²) < 4.78 is 5.60. The molecule has 2 aromatic heterocycles. The molecule has 0 nitrogen and oxygen atoms in total. The average Bonchev–Trinajstić information content (AvgIpc) is 3.30. The lowest BCUT2D eigenvalue weighted by molar-refractivity contribution is 1.18. The number of hydrogen-bond donors (Lipinski definition) is 0. The van der Waals surface area contributed by atoms with E-state index in [1.807, 2.05) is 22.7 Å². The maximum atomic E-state index is 2.42. The fourth-order valence-electron chi connectivity index (χ4n) is 4.82. The summed E-state index contributed by atoms with van der Waals surface area (Å²) in [5.41, 5.74) is 6.99. The lowest BCUT2D eigenvalue weighted by atomic mass is 9.95. The third-order valence-corrected chi connectivity index (χ3v) is 8.84. The van der Waals surface area contributed by atoms with Gasteiger partial charge in [-0.1, -0.05) is 42.5 Å². The smallest absolute Gasteiger partial charge is 0.0384 e. The first-order valence-electron chi connectivity index (χ1n) is 10.4. The third kappa shape index (κ3) is 2.64. The number of fused-ring (bicyclic) bond motifs is 6. The Morgan fingerprint density at radius 2 is 1.40 bits per heavy atom. The first kappa shape index (κ1) is 18.1. The van der Waals surface area contributed by atoms with Gasteiger partial charge in [-0.25, -0.2) is 0 Å². The zero-order chi connectivity index (χ0) is 20.4. The van der Waals surface area contributed by atoms with Gasteiger partial charge in [0.15, 0.2) is 0 Å². The van der Waals surface area contributed by atoms with Gasteiger partial charge in [-0.3, -0.25) is 0 Å². The maximum absolute atomic E-state index is 2.42. The van der Waals surface area contributed by atoms with E-state index in [1.54, 1.807) is 0 Å². The molecule has 6 rings (SSSR count). The molecule has 2 heteroatoms. The van der Waals surface area contributed by atoms with Crippen LogP contribution in [0.2, 0.25) is 0 Å². The summed E-state index contributed by atoms with van der Waals surface area (Å²) in [4.78, 5) is 0. The van der Waals surface area contributed by atoms with Gasteiger partial charge in [0.05, 0.1) is 0 Å². The molecule has 0 atom stereocenters. The highest BCUT2D eigenvalue weighted by molar-refractivity contribution is 7.26. The van der Waals surface area contributed by atoms with Gasteiger partial charge in [0.1, 0.15) is 0 Å². The zero-order valence-corrected chi connectivity index (χ0v) is 19.0. The van der Waals surface area contributed by atoms with E-state index in [1.165, 1.54) is 68.2 Å². The molecule has 0 spiro atoms. The monoisotopic (exact) mass is 422 g/mol. The minimum Gasteiger partial charge on any atom is -0.135 e. The molecule has 0 amide bonds. The van der Waals surface area contributed by atoms with Gasteiger partial charge in [0.25, 0.3) is 0 Å². The SMILES string of the molecule is Cc1cccc2c1sc1ccc(Cc3ccc4sc5cccc(C)c5c4c3)c(C)c12. The fourth-order valence-corrected chi connectivity index (χ4v) is 7.21. The van der Waals surface area contributed by atoms with Crippen LogP contribution in [0.1, 0.15) is 27.8 Å². The van der Waals surface area contributed by atoms with Crippen LogP contribution in [-0.2, 0) is 6.42 Å². The number of aryl methyl sites for hydroxylation is 3. The number of benzene rings is 4. The molecule has 0 aliphatic rings. The molecule has 146 valence electrons. The normalized spacial score (nSPS) is 12.0. The summed E-state index contributed by atoms with van der Waals surface area (Å²) in [5.74, 6) is 0. The van der Waals surface area contributed by atoms with E-state index in [0.29, 0.717) is 0 Å². The molecule has 0 fully saturated rings. The van der Waals surface area contributed by atoms with Crippen molar-refractivity contribution in [2.24, 2.45) is 0 Å². The second-order valence-electron chi connectivity index (χ2n) is 8.33. The van der Waals surface area contributed by atoms with Crippen molar-refractivity contribution >= 4 is 63.0 Å². The summed E-state index contributed by atoms with van der Waals surface area (Å²) in [6.45, 7) is 6.74. The van der Waals surface area contributed by atoms with Crippen LogP contribution in [0.25, 0.3) is 40.3 Å². The van der Waals surface area contributed by atoms with Crippen molar-refractivity contribution in [1.82, 2.24) is 0 Å². The molecule has 0 aliphatic carbocycles. The Morgan fingerprint density at radius 3 is 2.30 bits per heavy atom. The molecule has 0 saturated heterocycles. The largest absolute Gasteiger partial charge is 0.135 e. The number of rotatable bonds is 2. The predicted molar refractivity (Wildman–Crippen MR) is 136 cm³/mol. The first-order valence-corrected chi connectivity index (χ1v) is 12.0. The van der Waals surface area contributed by atoms with Crippen LogP contribution in [0.15, 0.2) is 66.7 Å². The van der Waals surface area contributed by atoms with E-state index in [4.69, 9.17) is 0 Å². The topological polar surface area (TPSA) is 0 Å². The van der Waals surface area contributed by atoms with Crippen molar-refractivity contribution < 1.29 is 0 Å². The molecule has 0 aliphatic heterocycles. The zero-order valence-electron chi connectivity index (χ0n) is 17.4. The molecule has 0 N–H and O–H groups in total. The van der Waals surface area contributed by atoms with E-state index >= 15 is 0 Å². The van der Waals surface area contributed by atoms with Crippen molar-refractivity contribution in [2.75, 3.05) is 0 Å². The van der Waals surface area contributed by atoms with Crippen LogP contribution in [0.4, 0.5) is 0 Å². The van der Waals surface area contributed by atoms with E-state index < -0.39 is 0 Å². The maximum Gasteiger partial charge on any atom is 0.0384 e. The van der Waals surface area contributed by atoms with Crippen molar-refractivity contribution in [1.29, 1.82) is 0 Å². The molecule has 4 aromatic carbocycles. The van der Waals surface area contributed by atoms with Gasteiger partial charge in [0, 0.05) is 40.3 Å². The van der Waals surface area contributed by atoms with E-state index in [2.05, 4.69) is 87.5 Å². The van der Waals surface area contributed by atoms with Crippen LogP contribution in [0.3, 0.4) is 0 Å².